The quantitative estimate of drug-likeness (QED) is 0.313. The monoisotopic (exact) mass is 403 g/mol. The van der Waals surface area contributed by atoms with Crippen LogP contribution in [0.3, 0.4) is 0 Å². The fourth-order valence-electron chi connectivity index (χ4n) is 3.22. The van der Waals surface area contributed by atoms with E-state index in [4.69, 9.17) is 0 Å². The third kappa shape index (κ3) is 4.10. The Bertz CT molecular complexity index is 1080. The molecule has 0 aliphatic rings. The molecule has 0 saturated carbocycles. The highest BCUT2D eigenvalue weighted by Gasteiger charge is 2.30. The van der Waals surface area contributed by atoms with E-state index in [0.29, 0.717) is 11.1 Å². The second kappa shape index (κ2) is 8.22. The van der Waals surface area contributed by atoms with E-state index in [-0.39, 0.29) is 11.6 Å². The second-order valence-corrected chi connectivity index (χ2v) is 9.05. The van der Waals surface area contributed by atoms with Crippen LogP contribution < -0.4 is 0 Å². The molecule has 0 heterocycles. The van der Waals surface area contributed by atoms with Crippen molar-refractivity contribution >= 4 is 10.9 Å². The third-order valence-electron chi connectivity index (χ3n) is 4.96. The van der Waals surface area contributed by atoms with Crippen LogP contribution in [0.2, 0.25) is 0 Å². The lowest BCUT2D eigenvalue weighted by atomic mass is 10.1. The van der Waals surface area contributed by atoms with Crippen LogP contribution >= 0.6 is 0 Å². The van der Waals surface area contributed by atoms with E-state index >= 15 is 0 Å². The Morgan fingerprint density at radius 2 is 0.966 bits per heavy atom. The van der Waals surface area contributed by atoms with Gasteiger partial charge in [-0.15, -0.1) is 0 Å². The van der Waals surface area contributed by atoms with Crippen LogP contribution in [0, 0.1) is 25.5 Å². The van der Waals surface area contributed by atoms with Crippen molar-refractivity contribution < 1.29 is 8.78 Å². The molecule has 0 aromatic heterocycles. The van der Waals surface area contributed by atoms with E-state index in [0.717, 1.165) is 25.8 Å². The van der Waals surface area contributed by atoms with Gasteiger partial charge in [-0.25, -0.2) is 8.78 Å². The van der Waals surface area contributed by atoms with E-state index in [9.17, 15) is 8.78 Å². The smallest absolute Gasteiger partial charge is 0.169 e. The molecule has 0 bridgehead atoms. The predicted octanol–water partition coefficient (Wildman–Crippen LogP) is 7.34. The standard InChI is InChI=1S/C26H21F2S/c1-18-8-12-23(16-25(18)27)29(24-13-9-19(2)26(28)17-24)22-14-10-21(11-15-22)20-6-4-3-5-7-20/h3-17H,1-2H3/q+1. The minimum atomic E-state index is -0.596. The molecule has 0 nitrogen and oxygen atoms in total. The maximum Gasteiger partial charge on any atom is 0.169 e. The van der Waals surface area contributed by atoms with Crippen LogP contribution in [0.15, 0.2) is 106 Å². The molecule has 0 N–H and O–H groups in total. The lowest BCUT2D eigenvalue weighted by Gasteiger charge is -2.10. The van der Waals surface area contributed by atoms with E-state index in [2.05, 4.69) is 36.4 Å². The zero-order valence-electron chi connectivity index (χ0n) is 16.3. The molecule has 4 aromatic carbocycles. The van der Waals surface area contributed by atoms with Crippen LogP contribution in [-0.2, 0) is 10.9 Å². The van der Waals surface area contributed by atoms with E-state index in [1.807, 2.05) is 30.3 Å². The molecule has 0 aliphatic carbocycles. The molecule has 0 unspecified atom stereocenters. The molecule has 3 heteroatoms. The number of hydrogen-bond acceptors (Lipinski definition) is 0. The summed E-state index contributed by atoms with van der Waals surface area (Å²) >= 11 is 0. The summed E-state index contributed by atoms with van der Waals surface area (Å²) in [6.45, 7) is 3.49. The molecular weight excluding hydrogens is 382 g/mol. The summed E-state index contributed by atoms with van der Waals surface area (Å²) in [5.41, 5.74) is 3.46. The van der Waals surface area contributed by atoms with Gasteiger partial charge >= 0.3 is 0 Å². The Labute approximate surface area is 173 Å². The van der Waals surface area contributed by atoms with Crippen LogP contribution in [-0.4, -0.2) is 0 Å². The van der Waals surface area contributed by atoms with Gasteiger partial charge in [-0.2, -0.15) is 0 Å². The van der Waals surface area contributed by atoms with Gasteiger partial charge in [0.15, 0.2) is 14.7 Å². The van der Waals surface area contributed by atoms with Gasteiger partial charge in [-0.1, -0.05) is 42.5 Å². The second-order valence-electron chi connectivity index (χ2n) is 7.02. The highest BCUT2D eigenvalue weighted by atomic mass is 32.2. The van der Waals surface area contributed by atoms with Crippen LogP contribution in [0.4, 0.5) is 8.78 Å². The predicted molar refractivity (Wildman–Crippen MR) is 116 cm³/mol. The minimum absolute atomic E-state index is 0.242. The lowest BCUT2D eigenvalue weighted by molar-refractivity contribution is 0.614. The molecule has 0 amide bonds. The fraction of sp³-hybridized carbons (Fsp3) is 0.0769. The molecular formula is C26H21F2S+. The van der Waals surface area contributed by atoms with Crippen molar-refractivity contribution in [3.05, 3.63) is 114 Å². The Balaban J connectivity index is 1.81. The van der Waals surface area contributed by atoms with Crippen LogP contribution in [0.5, 0.6) is 0 Å². The van der Waals surface area contributed by atoms with Crippen LogP contribution in [0.1, 0.15) is 11.1 Å². The Morgan fingerprint density at radius 3 is 1.45 bits per heavy atom. The molecule has 0 saturated heterocycles. The largest absolute Gasteiger partial charge is 0.207 e. The average Bonchev–Trinajstić information content (AvgIpc) is 2.74. The van der Waals surface area contributed by atoms with Gasteiger partial charge in [-0.3, -0.25) is 0 Å². The minimum Gasteiger partial charge on any atom is -0.207 e. The highest BCUT2D eigenvalue weighted by Crippen LogP contribution is 2.34. The summed E-state index contributed by atoms with van der Waals surface area (Å²) in [6, 6.07) is 29.0. The summed E-state index contributed by atoms with van der Waals surface area (Å²) in [4.78, 5) is 2.70. The Hall–Kier alpha value is -2.91. The van der Waals surface area contributed by atoms with Gasteiger partial charge in [0.2, 0.25) is 0 Å². The lowest BCUT2D eigenvalue weighted by Crippen LogP contribution is -2.06. The van der Waals surface area contributed by atoms with Gasteiger partial charge in [0.05, 0.1) is 10.9 Å². The van der Waals surface area contributed by atoms with E-state index < -0.39 is 10.9 Å². The fourth-order valence-corrected chi connectivity index (χ4v) is 5.30. The molecule has 0 spiro atoms. The van der Waals surface area contributed by atoms with E-state index in [1.165, 1.54) is 0 Å². The SMILES string of the molecule is Cc1ccc([S+](c2ccc(-c3ccccc3)cc2)c2ccc(C)c(F)c2)cc1F. The number of benzene rings is 4. The summed E-state index contributed by atoms with van der Waals surface area (Å²) in [5, 5.41) is 0. The number of halogens is 2. The van der Waals surface area contributed by atoms with Gasteiger partial charge in [-0.05, 0) is 72.5 Å². The van der Waals surface area contributed by atoms with Gasteiger partial charge in [0.25, 0.3) is 0 Å². The van der Waals surface area contributed by atoms with Crippen molar-refractivity contribution in [3.63, 3.8) is 0 Å². The Morgan fingerprint density at radius 1 is 0.517 bits per heavy atom. The van der Waals surface area contributed by atoms with Crippen LogP contribution in [0.25, 0.3) is 11.1 Å². The molecule has 0 atom stereocenters. The first-order chi connectivity index (χ1) is 14.0. The van der Waals surface area contributed by atoms with Crippen molar-refractivity contribution in [2.75, 3.05) is 0 Å². The molecule has 144 valence electrons. The van der Waals surface area contributed by atoms with Crippen molar-refractivity contribution in [1.82, 2.24) is 0 Å². The topological polar surface area (TPSA) is 0 Å². The summed E-state index contributed by atoms with van der Waals surface area (Å²) in [5.74, 6) is -0.484. The summed E-state index contributed by atoms with van der Waals surface area (Å²) < 4.78 is 28.7. The molecule has 4 rings (SSSR count). The van der Waals surface area contributed by atoms with Gasteiger partial charge in [0.1, 0.15) is 11.6 Å². The summed E-state index contributed by atoms with van der Waals surface area (Å²) in [7, 11) is -0.596. The zero-order valence-corrected chi connectivity index (χ0v) is 17.1. The molecule has 0 aliphatic heterocycles. The first kappa shape index (κ1) is 19.4. The van der Waals surface area contributed by atoms with Gasteiger partial charge in [0, 0.05) is 12.1 Å². The molecule has 0 fully saturated rings. The van der Waals surface area contributed by atoms with E-state index in [1.54, 1.807) is 38.1 Å². The maximum absolute atomic E-state index is 14.3. The Kier molecular flexibility index (Phi) is 5.50. The first-order valence-corrected chi connectivity index (χ1v) is 10.7. The first-order valence-electron chi connectivity index (χ1n) is 9.45. The summed E-state index contributed by atoms with van der Waals surface area (Å²) in [6.07, 6.45) is 0. The molecule has 4 aromatic rings. The third-order valence-corrected chi connectivity index (χ3v) is 7.15. The molecule has 0 radical (unpaired) electrons. The van der Waals surface area contributed by atoms with Crippen molar-refractivity contribution in [3.8, 4) is 11.1 Å². The van der Waals surface area contributed by atoms with Crippen molar-refractivity contribution in [2.45, 2.75) is 28.5 Å². The zero-order chi connectivity index (χ0) is 20.4. The normalized spacial score (nSPS) is 11.1. The number of rotatable bonds is 4. The maximum atomic E-state index is 14.3. The molecule has 29 heavy (non-hydrogen) atoms. The van der Waals surface area contributed by atoms with Crippen molar-refractivity contribution in [2.24, 2.45) is 0 Å². The number of aryl methyl sites for hydroxylation is 2. The van der Waals surface area contributed by atoms with Crippen molar-refractivity contribution in [1.29, 1.82) is 0 Å². The highest BCUT2D eigenvalue weighted by molar-refractivity contribution is 7.97. The number of hydrogen-bond donors (Lipinski definition) is 0. The average molecular weight is 404 g/mol. The van der Waals surface area contributed by atoms with Gasteiger partial charge < -0.3 is 0 Å².